The zero-order valence-electron chi connectivity index (χ0n) is 13.3. The Balaban J connectivity index is 1.95. The Labute approximate surface area is 137 Å². The summed E-state index contributed by atoms with van der Waals surface area (Å²) < 4.78 is 33.2. The van der Waals surface area contributed by atoms with E-state index in [-0.39, 0.29) is 18.2 Å². The van der Waals surface area contributed by atoms with Gasteiger partial charge in [0.15, 0.2) is 0 Å². The molecule has 0 aliphatic carbocycles. The summed E-state index contributed by atoms with van der Waals surface area (Å²) in [6.07, 6.45) is 0.0890. The smallest absolute Gasteiger partial charge is 0.243 e. The predicted molar refractivity (Wildman–Crippen MR) is 89.5 cm³/mol. The molecule has 0 bridgehead atoms. The standard InChI is InChI=1S/C18H21NO3S/c1-14(16-9-5-3-6-10-16)19(13-18-15(2)22-18)23(20,21)17-11-7-4-8-12-17/h3-12,14-15,18H,13H2,1-2H3. The molecule has 0 aromatic heterocycles. The van der Waals surface area contributed by atoms with Gasteiger partial charge in [0.2, 0.25) is 10.0 Å². The van der Waals surface area contributed by atoms with Crippen molar-refractivity contribution in [2.75, 3.05) is 6.54 Å². The largest absolute Gasteiger partial charge is 0.368 e. The molecule has 23 heavy (non-hydrogen) atoms. The van der Waals surface area contributed by atoms with Crippen molar-refractivity contribution in [1.29, 1.82) is 0 Å². The lowest BCUT2D eigenvalue weighted by molar-refractivity contribution is 0.292. The summed E-state index contributed by atoms with van der Waals surface area (Å²) in [7, 11) is -3.57. The van der Waals surface area contributed by atoms with E-state index in [0.29, 0.717) is 11.4 Å². The maximum atomic E-state index is 13.1. The fourth-order valence-electron chi connectivity index (χ4n) is 2.69. The first-order chi connectivity index (χ1) is 11.0. The lowest BCUT2D eigenvalue weighted by atomic mass is 10.1. The predicted octanol–water partition coefficient (Wildman–Crippen LogP) is 3.23. The average molecular weight is 331 g/mol. The van der Waals surface area contributed by atoms with Crippen LogP contribution in [0.2, 0.25) is 0 Å². The van der Waals surface area contributed by atoms with E-state index in [0.717, 1.165) is 5.56 Å². The van der Waals surface area contributed by atoms with Gasteiger partial charge in [0, 0.05) is 12.6 Å². The highest BCUT2D eigenvalue weighted by molar-refractivity contribution is 7.89. The van der Waals surface area contributed by atoms with E-state index in [2.05, 4.69) is 0 Å². The highest BCUT2D eigenvalue weighted by atomic mass is 32.2. The Hall–Kier alpha value is -1.69. The molecule has 0 N–H and O–H groups in total. The van der Waals surface area contributed by atoms with Crippen molar-refractivity contribution in [1.82, 2.24) is 4.31 Å². The summed E-state index contributed by atoms with van der Waals surface area (Å²) in [5.41, 5.74) is 0.973. The number of ether oxygens (including phenoxy) is 1. The molecule has 2 aromatic carbocycles. The van der Waals surface area contributed by atoms with E-state index in [9.17, 15) is 8.42 Å². The molecular weight excluding hydrogens is 310 g/mol. The van der Waals surface area contributed by atoms with Gasteiger partial charge in [-0.15, -0.1) is 0 Å². The Bertz CT molecular complexity index is 746. The van der Waals surface area contributed by atoms with Crippen LogP contribution in [-0.2, 0) is 14.8 Å². The number of benzene rings is 2. The third-order valence-electron chi connectivity index (χ3n) is 4.26. The first kappa shape index (κ1) is 16.2. The van der Waals surface area contributed by atoms with Crippen LogP contribution in [0.25, 0.3) is 0 Å². The first-order valence-corrected chi connectivity index (χ1v) is 9.21. The van der Waals surface area contributed by atoms with Crippen molar-refractivity contribution in [2.45, 2.75) is 37.0 Å². The van der Waals surface area contributed by atoms with Gasteiger partial charge in [0.1, 0.15) is 0 Å². The molecule has 3 unspecified atom stereocenters. The second-order valence-corrected chi connectivity index (χ2v) is 7.74. The van der Waals surface area contributed by atoms with Gasteiger partial charge in [-0.3, -0.25) is 0 Å². The average Bonchev–Trinajstić information content (AvgIpc) is 3.28. The molecular formula is C18H21NO3S. The molecule has 1 aliphatic rings. The van der Waals surface area contributed by atoms with Crippen LogP contribution in [0.5, 0.6) is 0 Å². The molecule has 1 saturated heterocycles. The zero-order valence-corrected chi connectivity index (χ0v) is 14.1. The molecule has 2 aromatic rings. The summed E-state index contributed by atoms with van der Waals surface area (Å²) in [4.78, 5) is 0.316. The monoisotopic (exact) mass is 331 g/mol. The Morgan fingerprint density at radius 3 is 2.09 bits per heavy atom. The fourth-order valence-corrected chi connectivity index (χ4v) is 4.34. The molecule has 0 saturated carbocycles. The van der Waals surface area contributed by atoms with E-state index in [4.69, 9.17) is 4.74 Å². The highest BCUT2D eigenvalue weighted by Gasteiger charge is 2.41. The molecule has 4 nitrogen and oxygen atoms in total. The second kappa shape index (κ2) is 6.43. The second-order valence-electron chi connectivity index (χ2n) is 5.85. The van der Waals surface area contributed by atoms with Crippen LogP contribution >= 0.6 is 0 Å². The van der Waals surface area contributed by atoms with Gasteiger partial charge >= 0.3 is 0 Å². The number of rotatable bonds is 6. The molecule has 1 fully saturated rings. The van der Waals surface area contributed by atoms with Crippen molar-refractivity contribution in [3.05, 3.63) is 66.2 Å². The minimum Gasteiger partial charge on any atom is -0.368 e. The van der Waals surface area contributed by atoms with Gasteiger partial charge < -0.3 is 4.74 Å². The van der Waals surface area contributed by atoms with Crippen LogP contribution in [0.1, 0.15) is 25.5 Å². The lowest BCUT2D eigenvalue weighted by Crippen LogP contribution is -2.37. The summed E-state index contributed by atoms with van der Waals surface area (Å²) in [5, 5.41) is 0. The Morgan fingerprint density at radius 1 is 1.04 bits per heavy atom. The van der Waals surface area contributed by atoms with Crippen LogP contribution in [0.3, 0.4) is 0 Å². The molecule has 0 spiro atoms. The quantitative estimate of drug-likeness (QED) is 0.764. The van der Waals surface area contributed by atoms with Crippen molar-refractivity contribution in [2.24, 2.45) is 0 Å². The SMILES string of the molecule is CC1OC1CN(C(C)c1ccccc1)S(=O)(=O)c1ccccc1. The highest BCUT2D eigenvalue weighted by Crippen LogP contribution is 2.31. The van der Waals surface area contributed by atoms with Gasteiger partial charge in [0.25, 0.3) is 0 Å². The van der Waals surface area contributed by atoms with Gasteiger partial charge in [-0.2, -0.15) is 4.31 Å². The molecule has 5 heteroatoms. The first-order valence-electron chi connectivity index (χ1n) is 7.77. The van der Waals surface area contributed by atoms with Crippen molar-refractivity contribution >= 4 is 10.0 Å². The number of epoxide rings is 1. The van der Waals surface area contributed by atoms with E-state index in [1.165, 1.54) is 0 Å². The summed E-state index contributed by atoms with van der Waals surface area (Å²) in [6.45, 7) is 4.25. The van der Waals surface area contributed by atoms with Crippen LogP contribution in [0, 0.1) is 0 Å². The molecule has 1 aliphatic heterocycles. The Kier molecular flexibility index (Phi) is 4.53. The number of hydrogen-bond donors (Lipinski definition) is 0. The number of sulfonamides is 1. The lowest BCUT2D eigenvalue weighted by Gasteiger charge is -2.28. The molecule has 122 valence electrons. The molecule has 3 atom stereocenters. The molecule has 1 heterocycles. The van der Waals surface area contributed by atoms with Gasteiger partial charge in [-0.1, -0.05) is 48.5 Å². The third kappa shape index (κ3) is 3.47. The Morgan fingerprint density at radius 2 is 1.57 bits per heavy atom. The van der Waals surface area contributed by atoms with Crippen molar-refractivity contribution < 1.29 is 13.2 Å². The number of nitrogens with zero attached hydrogens (tertiary/aromatic N) is 1. The third-order valence-corrected chi connectivity index (χ3v) is 6.21. The zero-order chi connectivity index (χ0) is 16.4. The summed E-state index contributed by atoms with van der Waals surface area (Å²) in [6, 6.07) is 18.0. The molecule has 3 rings (SSSR count). The van der Waals surface area contributed by atoms with E-state index >= 15 is 0 Å². The van der Waals surface area contributed by atoms with Gasteiger partial charge in [-0.05, 0) is 31.5 Å². The normalized spacial score (nSPS) is 22.0. The van der Waals surface area contributed by atoms with E-state index in [1.54, 1.807) is 28.6 Å². The van der Waals surface area contributed by atoms with E-state index in [1.807, 2.05) is 50.2 Å². The topological polar surface area (TPSA) is 49.9 Å². The maximum absolute atomic E-state index is 13.1. The molecule has 0 radical (unpaired) electrons. The van der Waals surface area contributed by atoms with Crippen LogP contribution in [-0.4, -0.2) is 31.5 Å². The van der Waals surface area contributed by atoms with Crippen molar-refractivity contribution in [3.63, 3.8) is 0 Å². The minimum atomic E-state index is -3.57. The minimum absolute atomic E-state index is 0.0281. The fraction of sp³-hybridized carbons (Fsp3) is 0.333. The maximum Gasteiger partial charge on any atom is 0.243 e. The summed E-state index contributed by atoms with van der Waals surface area (Å²) >= 11 is 0. The molecule has 0 amide bonds. The van der Waals surface area contributed by atoms with Gasteiger partial charge in [-0.25, -0.2) is 8.42 Å². The van der Waals surface area contributed by atoms with Crippen LogP contribution in [0.15, 0.2) is 65.6 Å². The van der Waals surface area contributed by atoms with Crippen LogP contribution in [0.4, 0.5) is 0 Å². The van der Waals surface area contributed by atoms with Crippen molar-refractivity contribution in [3.8, 4) is 0 Å². The number of hydrogen-bond acceptors (Lipinski definition) is 3. The van der Waals surface area contributed by atoms with E-state index < -0.39 is 10.0 Å². The van der Waals surface area contributed by atoms with Gasteiger partial charge in [0.05, 0.1) is 17.1 Å². The van der Waals surface area contributed by atoms with Crippen LogP contribution < -0.4 is 0 Å². The summed E-state index contributed by atoms with van der Waals surface area (Å²) in [5.74, 6) is 0.